The highest BCUT2D eigenvalue weighted by Crippen LogP contribution is 2.33. The summed E-state index contributed by atoms with van der Waals surface area (Å²) >= 11 is 0. The Hall–Kier alpha value is -8.59. The van der Waals surface area contributed by atoms with Gasteiger partial charge in [-0.1, -0.05) is 163 Å². The standard InChI is InChI=1S/C10H19NO2.C9H17NO2.2C8H15NO2.C7H13NO2.C6H13NO2.C6H9NO2.C5H11NO4S.2C5H11NO3.C5H9NO2.C5H11NO2.C4H9NO3.C4H9NO2/c11-9(10(12)13)7-6-8-4-2-1-3-5-8;10-8(9(11)12)6-7-4-2-1-3-5-7;9-7(8(10)11)5-6-3-1-2-4-6;9-7(8(10)11)6-4-2-1-3-5-6;8-6(7(9)10)5-3-1-2-4-5;1-3-4(2)5(7)6(8)9;1-2-3-4-5(7)6(8)9;1-11(9,10)3-2-4(6)5(7)8;1-9-3-2-4(6)5(7)8;1-3(9-2)4(6)5(7)8;6-4(5(7)8)3-1-2-3;1-2-3-4(6)5(7)8;1-8-2-3(5)4(6)7;1-2-3(5)4(6)7/h8-9H,1-7,11H2,(H,12,13);7-8H,1-6,10H2,(H,11,12);2*6-7H,1-5,9H2,(H,10,11);5-6H,1-4,8H2,(H,9,10);4-5H,3,7H2,1-2H3,(H,8,9);1,5H,3-4,7H2,(H,8,9);4H,2-3,6H2,1H3,(H,7,8);4H,2-3,6H2,1H3,(H,7,8);3-4H,6H2,1-2H3,(H,7,8);3-4H,1-2,6H2,(H,7,8);4H,2-3,6H2,1H3,(H,7,8);3H,2,5H2,1H3,(H,6,7);3H,2,5H2,1H3,(H,6,7)/t9-;8-;2*7-;6-;4?,5-;5-;2*4-;3?,4-;2*4-;2*3-/m00000000000000/s1. The molecular formula is C87H172N14O33S. The van der Waals surface area contributed by atoms with Gasteiger partial charge in [-0.25, -0.2) is 8.42 Å². The van der Waals surface area contributed by atoms with Gasteiger partial charge in [-0.2, -0.15) is 0 Å². The summed E-state index contributed by atoms with van der Waals surface area (Å²) in [4.78, 5) is 142. The molecule has 6 aliphatic carbocycles. The zero-order chi connectivity index (χ0) is 106. The number of carbonyl (C=O) groups is 14. The van der Waals surface area contributed by atoms with Crippen LogP contribution in [0.3, 0.4) is 0 Å². The minimum atomic E-state index is -3.10. The molecule has 0 radical (unpaired) electrons. The third-order valence-electron chi connectivity index (χ3n) is 22.0. The Labute approximate surface area is 794 Å². The van der Waals surface area contributed by atoms with Crippen molar-refractivity contribution >= 4 is 93.4 Å². The van der Waals surface area contributed by atoms with Gasteiger partial charge >= 0.3 is 83.6 Å². The van der Waals surface area contributed by atoms with Crippen molar-refractivity contribution in [2.24, 2.45) is 122 Å². The summed E-state index contributed by atoms with van der Waals surface area (Å²) in [5, 5.41) is 117. The molecular weight excluding hydrogens is 1800 g/mol. The fourth-order valence-electron chi connectivity index (χ4n) is 12.4. The van der Waals surface area contributed by atoms with Crippen molar-refractivity contribution in [1.29, 1.82) is 0 Å². The molecule has 6 fully saturated rings. The molecule has 0 aromatic rings. The number of sulfone groups is 1. The molecule has 135 heavy (non-hydrogen) atoms. The lowest BCUT2D eigenvalue weighted by Crippen LogP contribution is -2.40. The van der Waals surface area contributed by atoms with Crippen molar-refractivity contribution in [2.75, 3.05) is 46.6 Å². The molecule has 2 unspecified atom stereocenters. The van der Waals surface area contributed by atoms with Crippen LogP contribution in [0.4, 0.5) is 0 Å². The molecule has 0 aromatic carbocycles. The second kappa shape index (κ2) is 87.0. The molecule has 0 aromatic heterocycles. The molecule has 16 atom stereocenters. The van der Waals surface area contributed by atoms with E-state index in [2.05, 4.69) is 20.1 Å². The van der Waals surface area contributed by atoms with Gasteiger partial charge in [0.05, 0.1) is 18.5 Å². The van der Waals surface area contributed by atoms with Crippen LogP contribution in [-0.4, -0.2) is 301 Å². The van der Waals surface area contributed by atoms with E-state index in [-0.39, 0.29) is 42.5 Å². The van der Waals surface area contributed by atoms with E-state index in [9.17, 15) is 75.5 Å². The van der Waals surface area contributed by atoms with Gasteiger partial charge in [0, 0.05) is 40.6 Å². The normalized spacial score (nSPS) is 18.1. The lowest BCUT2D eigenvalue weighted by molar-refractivity contribution is -0.142. The van der Waals surface area contributed by atoms with Crippen LogP contribution in [0.1, 0.15) is 272 Å². The fraction of sp³-hybridized carbons (Fsp3) is 0.816. The smallest absolute Gasteiger partial charge is 0.323 e. The van der Waals surface area contributed by atoms with Crippen molar-refractivity contribution in [1.82, 2.24) is 0 Å². The molecule has 6 aliphatic rings. The molecule has 0 bridgehead atoms. The zero-order valence-corrected chi connectivity index (χ0v) is 81.4. The molecule has 794 valence electrons. The van der Waals surface area contributed by atoms with Crippen LogP contribution in [0.15, 0.2) is 0 Å². The summed E-state index contributed by atoms with van der Waals surface area (Å²) in [6, 6.07) is -10.3. The summed E-state index contributed by atoms with van der Waals surface area (Å²) in [6.45, 7) is 9.47. The minimum absolute atomic E-state index is 0.0336. The zero-order valence-electron chi connectivity index (χ0n) is 80.6. The number of rotatable bonds is 41. The first-order chi connectivity index (χ1) is 62.7. The Morgan fingerprint density at radius 1 is 0.333 bits per heavy atom. The third kappa shape index (κ3) is 87.9. The average molecular weight is 1970 g/mol. The maximum absolute atomic E-state index is 10.5. The summed E-state index contributed by atoms with van der Waals surface area (Å²) in [5.41, 5.74) is 73.3. The molecule has 0 heterocycles. The van der Waals surface area contributed by atoms with Crippen LogP contribution >= 0.6 is 0 Å². The van der Waals surface area contributed by atoms with E-state index in [1.165, 1.54) is 118 Å². The summed E-state index contributed by atoms with van der Waals surface area (Å²) in [6.07, 6.45) is 41.5. The quantitative estimate of drug-likeness (QED) is 0.0391. The van der Waals surface area contributed by atoms with Gasteiger partial charge in [-0.15, -0.1) is 12.3 Å². The Balaban J connectivity index is -0.000000215. The first-order valence-electron chi connectivity index (χ1n) is 45.6. The van der Waals surface area contributed by atoms with E-state index < -0.39 is 184 Å². The highest BCUT2D eigenvalue weighted by Gasteiger charge is 2.34. The molecule has 47 nitrogen and oxygen atoms in total. The van der Waals surface area contributed by atoms with E-state index in [1.807, 2.05) is 20.8 Å². The number of terminal acetylenes is 1. The molecule has 0 aliphatic heterocycles. The number of methoxy groups -OCH3 is 3. The third-order valence-corrected chi connectivity index (χ3v) is 23.0. The molecule has 48 heteroatoms. The van der Waals surface area contributed by atoms with Crippen LogP contribution in [0.25, 0.3) is 0 Å². The monoisotopic (exact) mass is 1970 g/mol. The first kappa shape index (κ1) is 142. The van der Waals surface area contributed by atoms with E-state index in [1.54, 1.807) is 13.8 Å². The van der Waals surface area contributed by atoms with Gasteiger partial charge in [0.15, 0.2) is 0 Å². The lowest BCUT2D eigenvalue weighted by atomic mass is 9.84. The van der Waals surface area contributed by atoms with Crippen LogP contribution < -0.4 is 80.3 Å². The van der Waals surface area contributed by atoms with Gasteiger partial charge in [-0.05, 0) is 145 Å². The second-order valence-electron chi connectivity index (χ2n) is 33.7. The lowest BCUT2D eigenvalue weighted by Gasteiger charge is -2.24. The Bertz CT molecular complexity index is 3310. The molecule has 42 N–H and O–H groups in total. The number of hydrogen-bond donors (Lipinski definition) is 28. The SMILES string of the molecule is C#CCC[C@H](N)C(=O)O.CCC(C)[C@H](N)C(=O)O.CCC[C@H](N)C(=O)O.CC[C@H](N)C(=O)O.COC(C)[C@H](N)C(=O)O.COCC[C@H](N)C(=O)O.COC[C@H](N)C(=O)O.CS(=O)(=O)CC[C@H](N)C(=O)O.N[C@@H](CC1CCCC1)C(=O)O.N[C@@H](CC1CCCCC1)C(=O)O.N[C@@H](CCC1CCCCC1)C(=O)O.N[C@H](C(=O)O)C1CC1.N[C@H](C(=O)O)C1CCCC1.N[C@H](C(=O)O)C1CCCCC1. The Kier molecular flexibility index (Phi) is 91.3. The summed E-state index contributed by atoms with van der Waals surface area (Å²) < 4.78 is 34.8. The number of hydrogen-bond acceptors (Lipinski definition) is 33. The number of ether oxygens (including phenoxy) is 3. The number of aliphatic carboxylic acids is 14. The van der Waals surface area contributed by atoms with Crippen molar-refractivity contribution in [3.8, 4) is 12.3 Å². The Morgan fingerprint density at radius 3 is 0.852 bits per heavy atom. The topological polar surface area (TPSA) is 948 Å². The van der Waals surface area contributed by atoms with Gasteiger partial charge < -0.3 is 166 Å². The summed E-state index contributed by atoms with van der Waals surface area (Å²) in [5.74, 6) is -8.34. The number of carboxylic acids is 14. The van der Waals surface area contributed by atoms with Crippen LogP contribution in [0.5, 0.6) is 0 Å². The van der Waals surface area contributed by atoms with E-state index in [0.717, 1.165) is 95.6 Å². The van der Waals surface area contributed by atoms with Gasteiger partial charge in [0.2, 0.25) is 0 Å². The van der Waals surface area contributed by atoms with Crippen LogP contribution in [0.2, 0.25) is 0 Å². The van der Waals surface area contributed by atoms with Crippen molar-refractivity contribution < 1.29 is 161 Å². The van der Waals surface area contributed by atoms with Gasteiger partial charge in [0.25, 0.3) is 0 Å². The summed E-state index contributed by atoms with van der Waals surface area (Å²) in [7, 11) is 1.24. The molecule has 6 saturated carbocycles. The largest absolute Gasteiger partial charge is 0.480 e. The van der Waals surface area contributed by atoms with Crippen molar-refractivity contribution in [3.05, 3.63) is 0 Å². The Morgan fingerprint density at radius 2 is 0.622 bits per heavy atom. The maximum atomic E-state index is 10.5. The van der Waals surface area contributed by atoms with Crippen molar-refractivity contribution in [3.63, 3.8) is 0 Å². The van der Waals surface area contributed by atoms with E-state index in [0.29, 0.717) is 69.8 Å². The number of carboxylic acid groups (broad SMARTS) is 14. The highest BCUT2D eigenvalue weighted by atomic mass is 32.2. The van der Waals surface area contributed by atoms with E-state index in [4.69, 9.17) is 158 Å². The van der Waals surface area contributed by atoms with Crippen LogP contribution in [-0.2, 0) is 91.2 Å². The van der Waals surface area contributed by atoms with Gasteiger partial charge in [-0.3, -0.25) is 67.1 Å². The van der Waals surface area contributed by atoms with E-state index >= 15 is 0 Å². The van der Waals surface area contributed by atoms with Crippen LogP contribution in [0, 0.1) is 53.8 Å². The maximum Gasteiger partial charge on any atom is 0.323 e. The predicted molar refractivity (Wildman–Crippen MR) is 505 cm³/mol. The molecule has 6 rings (SSSR count). The molecule has 0 spiro atoms. The first-order valence-corrected chi connectivity index (χ1v) is 47.6. The second-order valence-corrected chi connectivity index (χ2v) is 36.0. The molecule has 0 saturated heterocycles. The number of nitrogens with two attached hydrogens (primary N) is 14. The van der Waals surface area contributed by atoms with Crippen molar-refractivity contribution in [2.45, 2.75) is 363 Å². The predicted octanol–water partition coefficient (Wildman–Crippen LogP) is 2.49. The average Bonchev–Trinajstić information content (AvgIpc) is 1.73. The van der Waals surface area contributed by atoms with Gasteiger partial charge in [0.1, 0.15) is 94.4 Å². The fourth-order valence-corrected chi connectivity index (χ4v) is 13.1. The highest BCUT2D eigenvalue weighted by molar-refractivity contribution is 7.90. The minimum Gasteiger partial charge on any atom is -0.480 e. The molecule has 0 amide bonds.